The van der Waals surface area contributed by atoms with E-state index in [0.717, 1.165) is 54.6 Å². The fraction of sp³-hybridized carbons (Fsp3) is 0.556. The van der Waals surface area contributed by atoms with E-state index >= 15 is 0 Å². The number of nitrogens with zero attached hydrogens (tertiary/aromatic N) is 4. The number of hydrogen-bond acceptors (Lipinski definition) is 6. The molecule has 0 amide bonds. The molecule has 0 bridgehead atoms. The lowest BCUT2D eigenvalue weighted by atomic mass is 10.2. The van der Waals surface area contributed by atoms with Gasteiger partial charge in [0.05, 0.1) is 19.7 Å². The topological polar surface area (TPSA) is 50.7 Å². The summed E-state index contributed by atoms with van der Waals surface area (Å²) in [5, 5.41) is 1.04. The Morgan fingerprint density at radius 3 is 2.00 bits per heavy atom. The van der Waals surface area contributed by atoms with Gasteiger partial charge < -0.3 is 19.3 Å². The summed E-state index contributed by atoms with van der Waals surface area (Å²) in [5.74, 6) is 3.31. The molecule has 2 aliphatic heterocycles. The molecule has 0 spiro atoms. The lowest BCUT2D eigenvalue weighted by Crippen LogP contribution is -2.24. The summed E-state index contributed by atoms with van der Waals surface area (Å²) in [7, 11) is 3.33. The molecule has 128 valence electrons. The quantitative estimate of drug-likeness (QED) is 0.860. The molecule has 0 radical (unpaired) electrons. The van der Waals surface area contributed by atoms with E-state index in [-0.39, 0.29) is 0 Å². The molecule has 0 unspecified atom stereocenters. The first-order valence-corrected chi connectivity index (χ1v) is 8.74. The summed E-state index contributed by atoms with van der Waals surface area (Å²) >= 11 is 0. The molecule has 1 aromatic carbocycles. The van der Waals surface area contributed by atoms with Gasteiger partial charge in [0, 0.05) is 37.6 Å². The summed E-state index contributed by atoms with van der Waals surface area (Å²) in [6, 6.07) is 3.98. The Bertz CT molecular complexity index is 737. The maximum Gasteiger partial charge on any atom is 0.227 e. The summed E-state index contributed by atoms with van der Waals surface area (Å²) < 4.78 is 10.9. The van der Waals surface area contributed by atoms with Crippen molar-refractivity contribution in [2.24, 2.45) is 0 Å². The highest BCUT2D eigenvalue weighted by molar-refractivity contribution is 5.93. The van der Waals surface area contributed by atoms with Crippen molar-refractivity contribution in [3.05, 3.63) is 12.1 Å². The zero-order valence-corrected chi connectivity index (χ0v) is 14.4. The summed E-state index contributed by atoms with van der Waals surface area (Å²) in [5.41, 5.74) is 0.923. The van der Waals surface area contributed by atoms with Gasteiger partial charge in [-0.3, -0.25) is 0 Å². The third kappa shape index (κ3) is 2.60. The van der Waals surface area contributed by atoms with Crippen molar-refractivity contribution < 1.29 is 9.47 Å². The van der Waals surface area contributed by atoms with E-state index in [2.05, 4.69) is 9.80 Å². The highest BCUT2D eigenvalue weighted by Crippen LogP contribution is 2.37. The number of fused-ring (bicyclic) bond motifs is 1. The molecule has 2 aliphatic rings. The third-order valence-electron chi connectivity index (χ3n) is 4.96. The first kappa shape index (κ1) is 15.3. The highest BCUT2D eigenvalue weighted by Gasteiger charge is 2.23. The molecule has 0 saturated carbocycles. The van der Waals surface area contributed by atoms with Crippen LogP contribution in [0.1, 0.15) is 25.7 Å². The molecule has 0 atom stereocenters. The van der Waals surface area contributed by atoms with Gasteiger partial charge in [-0.05, 0) is 31.7 Å². The maximum atomic E-state index is 5.48. The normalized spacial score (nSPS) is 17.8. The third-order valence-corrected chi connectivity index (χ3v) is 4.96. The van der Waals surface area contributed by atoms with Crippen LogP contribution in [0.15, 0.2) is 12.1 Å². The SMILES string of the molecule is COc1cc2nc(N3CCCC3)nc(N3CCCC3)c2cc1OC. The summed E-state index contributed by atoms with van der Waals surface area (Å²) in [6.07, 6.45) is 4.87. The molecular weight excluding hydrogens is 304 g/mol. The lowest BCUT2D eigenvalue weighted by molar-refractivity contribution is 0.356. The molecule has 2 fully saturated rings. The molecule has 0 aliphatic carbocycles. The van der Waals surface area contributed by atoms with Gasteiger partial charge in [0.15, 0.2) is 11.5 Å². The first-order valence-electron chi connectivity index (χ1n) is 8.74. The zero-order chi connectivity index (χ0) is 16.5. The highest BCUT2D eigenvalue weighted by atomic mass is 16.5. The molecule has 2 saturated heterocycles. The average Bonchev–Trinajstić information content (AvgIpc) is 3.32. The number of aromatic nitrogens is 2. The van der Waals surface area contributed by atoms with Crippen LogP contribution in [0.4, 0.5) is 11.8 Å². The van der Waals surface area contributed by atoms with Crippen LogP contribution >= 0.6 is 0 Å². The van der Waals surface area contributed by atoms with Gasteiger partial charge in [0.25, 0.3) is 0 Å². The Balaban J connectivity index is 1.89. The second-order valence-electron chi connectivity index (χ2n) is 6.46. The number of rotatable bonds is 4. The molecule has 2 aromatic rings. The lowest BCUT2D eigenvalue weighted by Gasteiger charge is -2.23. The van der Waals surface area contributed by atoms with Crippen molar-refractivity contribution >= 4 is 22.7 Å². The van der Waals surface area contributed by atoms with Crippen molar-refractivity contribution in [3.8, 4) is 11.5 Å². The summed E-state index contributed by atoms with van der Waals surface area (Å²) in [4.78, 5) is 14.4. The predicted molar refractivity (Wildman–Crippen MR) is 95.5 cm³/mol. The van der Waals surface area contributed by atoms with E-state index in [1.165, 1.54) is 25.7 Å². The largest absolute Gasteiger partial charge is 0.493 e. The molecule has 1 aromatic heterocycles. The van der Waals surface area contributed by atoms with E-state index in [0.29, 0.717) is 5.75 Å². The molecule has 3 heterocycles. The fourth-order valence-corrected chi connectivity index (χ4v) is 3.66. The number of ether oxygens (including phenoxy) is 2. The van der Waals surface area contributed by atoms with Crippen LogP contribution in [0.3, 0.4) is 0 Å². The molecular formula is C18H24N4O2. The van der Waals surface area contributed by atoms with Crippen molar-refractivity contribution in [1.82, 2.24) is 9.97 Å². The molecule has 0 N–H and O–H groups in total. The number of anilines is 2. The van der Waals surface area contributed by atoms with Gasteiger partial charge in [-0.2, -0.15) is 4.98 Å². The van der Waals surface area contributed by atoms with Gasteiger partial charge in [-0.15, -0.1) is 0 Å². The Hall–Kier alpha value is -2.24. The van der Waals surface area contributed by atoms with Gasteiger partial charge in [0.1, 0.15) is 5.82 Å². The Morgan fingerprint density at radius 1 is 0.792 bits per heavy atom. The van der Waals surface area contributed by atoms with Gasteiger partial charge in [-0.25, -0.2) is 4.98 Å². The average molecular weight is 328 g/mol. The van der Waals surface area contributed by atoms with Crippen LogP contribution in [0, 0.1) is 0 Å². The predicted octanol–water partition coefficient (Wildman–Crippen LogP) is 2.85. The Labute approximate surface area is 142 Å². The van der Waals surface area contributed by atoms with Crippen LogP contribution in [0.2, 0.25) is 0 Å². The van der Waals surface area contributed by atoms with Gasteiger partial charge in [0.2, 0.25) is 5.95 Å². The van der Waals surface area contributed by atoms with Crippen LogP contribution in [-0.2, 0) is 0 Å². The molecule has 6 heteroatoms. The number of hydrogen-bond donors (Lipinski definition) is 0. The van der Waals surface area contributed by atoms with E-state index < -0.39 is 0 Å². The van der Waals surface area contributed by atoms with Crippen LogP contribution in [0.25, 0.3) is 10.9 Å². The van der Waals surface area contributed by atoms with Crippen LogP contribution < -0.4 is 19.3 Å². The minimum absolute atomic E-state index is 0.712. The number of methoxy groups -OCH3 is 2. The van der Waals surface area contributed by atoms with Gasteiger partial charge in [-0.1, -0.05) is 0 Å². The van der Waals surface area contributed by atoms with Crippen LogP contribution in [-0.4, -0.2) is 50.4 Å². The maximum absolute atomic E-state index is 5.48. The van der Waals surface area contributed by atoms with E-state index in [1.807, 2.05) is 12.1 Å². The van der Waals surface area contributed by atoms with Crippen molar-refractivity contribution in [2.75, 3.05) is 50.2 Å². The second-order valence-corrected chi connectivity index (χ2v) is 6.46. The first-order chi connectivity index (χ1) is 11.8. The van der Waals surface area contributed by atoms with E-state index in [9.17, 15) is 0 Å². The molecule has 6 nitrogen and oxygen atoms in total. The number of benzene rings is 1. The fourth-order valence-electron chi connectivity index (χ4n) is 3.66. The van der Waals surface area contributed by atoms with Crippen molar-refractivity contribution in [2.45, 2.75) is 25.7 Å². The van der Waals surface area contributed by atoms with Crippen molar-refractivity contribution in [1.29, 1.82) is 0 Å². The van der Waals surface area contributed by atoms with Crippen LogP contribution in [0.5, 0.6) is 11.5 Å². The monoisotopic (exact) mass is 328 g/mol. The smallest absolute Gasteiger partial charge is 0.227 e. The Kier molecular flexibility index (Phi) is 4.04. The summed E-state index contributed by atoms with van der Waals surface area (Å²) in [6.45, 7) is 4.19. The minimum Gasteiger partial charge on any atom is -0.493 e. The van der Waals surface area contributed by atoms with E-state index in [4.69, 9.17) is 19.4 Å². The molecule has 4 rings (SSSR count). The van der Waals surface area contributed by atoms with Crippen molar-refractivity contribution in [3.63, 3.8) is 0 Å². The molecule has 24 heavy (non-hydrogen) atoms. The van der Waals surface area contributed by atoms with Gasteiger partial charge >= 0.3 is 0 Å². The van der Waals surface area contributed by atoms with E-state index in [1.54, 1.807) is 14.2 Å². The Morgan fingerprint density at radius 2 is 1.38 bits per heavy atom. The second kappa shape index (κ2) is 6.34. The zero-order valence-electron chi connectivity index (χ0n) is 14.4. The minimum atomic E-state index is 0.712. The standard InChI is InChI=1S/C18H24N4O2/c1-23-15-11-13-14(12-16(15)24-2)19-18(22-9-5-6-10-22)20-17(13)21-7-3-4-8-21/h11-12H,3-10H2,1-2H3.